The third kappa shape index (κ3) is 1.51. The van der Waals surface area contributed by atoms with Crippen LogP contribution in [0.2, 0.25) is 0 Å². The van der Waals surface area contributed by atoms with Gasteiger partial charge in [-0.1, -0.05) is 6.07 Å². The minimum absolute atomic E-state index is 0.0144. The number of hydrogen-bond donors (Lipinski definition) is 1. The smallest absolute Gasteiger partial charge is 0.352 e. The SMILES string of the molecule is Cc1c(C(=O)O)n(C)c2c(F)cccc2c1=O. The number of fused-ring (bicyclic) bond motifs is 1. The molecule has 0 amide bonds. The Morgan fingerprint density at radius 1 is 1.41 bits per heavy atom. The van der Waals surface area contributed by atoms with Crippen molar-refractivity contribution in [1.29, 1.82) is 0 Å². The van der Waals surface area contributed by atoms with Gasteiger partial charge in [0.15, 0.2) is 5.43 Å². The van der Waals surface area contributed by atoms with E-state index in [9.17, 15) is 14.0 Å². The number of hydrogen-bond acceptors (Lipinski definition) is 2. The van der Waals surface area contributed by atoms with Gasteiger partial charge in [0.2, 0.25) is 0 Å². The normalized spacial score (nSPS) is 10.8. The summed E-state index contributed by atoms with van der Waals surface area (Å²) in [4.78, 5) is 23.0. The number of para-hydroxylation sites is 1. The molecule has 0 radical (unpaired) electrons. The van der Waals surface area contributed by atoms with Crippen molar-refractivity contribution < 1.29 is 14.3 Å². The van der Waals surface area contributed by atoms with Crippen molar-refractivity contribution in [3.05, 3.63) is 45.5 Å². The zero-order valence-electron chi connectivity index (χ0n) is 9.32. The number of carbonyl (C=O) groups is 1. The van der Waals surface area contributed by atoms with Crippen LogP contribution >= 0.6 is 0 Å². The summed E-state index contributed by atoms with van der Waals surface area (Å²) < 4.78 is 14.8. The molecule has 5 heteroatoms. The number of aromatic nitrogens is 1. The summed E-state index contributed by atoms with van der Waals surface area (Å²) in [6.45, 7) is 1.43. The van der Waals surface area contributed by atoms with Crippen molar-refractivity contribution in [2.75, 3.05) is 0 Å². The second kappa shape index (κ2) is 3.69. The predicted molar refractivity (Wildman–Crippen MR) is 60.8 cm³/mol. The fraction of sp³-hybridized carbons (Fsp3) is 0.167. The number of rotatable bonds is 1. The topological polar surface area (TPSA) is 59.3 Å². The van der Waals surface area contributed by atoms with Crippen molar-refractivity contribution in [2.24, 2.45) is 7.05 Å². The van der Waals surface area contributed by atoms with E-state index in [0.29, 0.717) is 0 Å². The van der Waals surface area contributed by atoms with Gasteiger partial charge in [0.1, 0.15) is 11.5 Å². The summed E-state index contributed by atoms with van der Waals surface area (Å²) in [6.07, 6.45) is 0. The lowest BCUT2D eigenvalue weighted by Gasteiger charge is -2.12. The van der Waals surface area contributed by atoms with Crippen LogP contribution in [-0.2, 0) is 7.05 Å². The summed E-state index contributed by atoms with van der Waals surface area (Å²) in [7, 11) is 1.43. The molecular weight excluding hydrogens is 225 g/mol. The van der Waals surface area contributed by atoms with Crippen molar-refractivity contribution in [1.82, 2.24) is 4.57 Å². The maximum atomic E-state index is 13.6. The maximum Gasteiger partial charge on any atom is 0.352 e. The molecule has 0 bridgehead atoms. The van der Waals surface area contributed by atoms with Gasteiger partial charge < -0.3 is 9.67 Å². The van der Waals surface area contributed by atoms with Crippen LogP contribution in [0.3, 0.4) is 0 Å². The molecule has 0 unspecified atom stereocenters. The third-order valence-corrected chi connectivity index (χ3v) is 2.80. The Kier molecular flexibility index (Phi) is 2.46. The molecule has 4 nitrogen and oxygen atoms in total. The summed E-state index contributed by atoms with van der Waals surface area (Å²) in [5.74, 6) is -1.85. The Morgan fingerprint density at radius 2 is 2.06 bits per heavy atom. The molecule has 0 atom stereocenters. The van der Waals surface area contributed by atoms with E-state index < -0.39 is 17.2 Å². The highest BCUT2D eigenvalue weighted by Crippen LogP contribution is 2.17. The number of nitrogens with zero attached hydrogens (tertiary/aromatic N) is 1. The minimum atomic E-state index is -1.24. The predicted octanol–water partition coefficient (Wildman–Crippen LogP) is 1.68. The summed E-state index contributed by atoms with van der Waals surface area (Å²) in [5, 5.41) is 9.23. The minimum Gasteiger partial charge on any atom is -0.477 e. The number of benzene rings is 1. The lowest BCUT2D eigenvalue weighted by atomic mass is 10.1. The van der Waals surface area contributed by atoms with Gasteiger partial charge in [-0.15, -0.1) is 0 Å². The van der Waals surface area contributed by atoms with E-state index in [1.807, 2.05) is 0 Å². The van der Waals surface area contributed by atoms with Crippen LogP contribution in [0.5, 0.6) is 0 Å². The number of carboxylic acids is 1. The van der Waals surface area contributed by atoms with E-state index in [1.165, 1.54) is 36.7 Å². The molecule has 2 aromatic rings. The van der Waals surface area contributed by atoms with Crippen LogP contribution in [0.15, 0.2) is 23.0 Å². The van der Waals surface area contributed by atoms with Gasteiger partial charge in [-0.05, 0) is 19.1 Å². The van der Waals surface area contributed by atoms with Crippen LogP contribution < -0.4 is 5.43 Å². The van der Waals surface area contributed by atoms with Crippen molar-refractivity contribution in [3.8, 4) is 0 Å². The van der Waals surface area contributed by atoms with Gasteiger partial charge >= 0.3 is 5.97 Å². The van der Waals surface area contributed by atoms with Gasteiger partial charge in [0.25, 0.3) is 0 Å². The number of aromatic carboxylic acids is 1. The maximum absolute atomic E-state index is 13.6. The first-order valence-electron chi connectivity index (χ1n) is 4.96. The standard InChI is InChI=1S/C12H10FNO3/c1-6-9(12(16)17)14(2)10-7(11(6)15)4-3-5-8(10)13/h3-5H,1-2H3,(H,16,17). The van der Waals surface area contributed by atoms with E-state index >= 15 is 0 Å². The van der Waals surface area contributed by atoms with Crippen molar-refractivity contribution in [2.45, 2.75) is 6.92 Å². The monoisotopic (exact) mass is 235 g/mol. The Labute approximate surface area is 95.9 Å². The van der Waals surface area contributed by atoms with E-state index in [-0.39, 0.29) is 22.2 Å². The third-order valence-electron chi connectivity index (χ3n) is 2.80. The molecule has 0 aliphatic rings. The molecule has 17 heavy (non-hydrogen) atoms. The first-order chi connectivity index (χ1) is 7.95. The van der Waals surface area contributed by atoms with E-state index in [1.54, 1.807) is 0 Å². The summed E-state index contributed by atoms with van der Waals surface area (Å²) >= 11 is 0. The zero-order valence-corrected chi connectivity index (χ0v) is 9.32. The molecule has 2 rings (SSSR count). The molecule has 88 valence electrons. The number of pyridine rings is 1. The highest BCUT2D eigenvalue weighted by Gasteiger charge is 2.18. The molecule has 0 saturated carbocycles. The molecule has 1 heterocycles. The Balaban J connectivity index is 3.13. The molecule has 1 N–H and O–H groups in total. The quantitative estimate of drug-likeness (QED) is 0.818. The number of halogens is 1. The van der Waals surface area contributed by atoms with Crippen molar-refractivity contribution in [3.63, 3.8) is 0 Å². The van der Waals surface area contributed by atoms with Crippen LogP contribution in [0.4, 0.5) is 4.39 Å². The second-order valence-electron chi connectivity index (χ2n) is 3.80. The van der Waals surface area contributed by atoms with Crippen LogP contribution in [0, 0.1) is 12.7 Å². The highest BCUT2D eigenvalue weighted by atomic mass is 19.1. The fourth-order valence-electron chi connectivity index (χ4n) is 2.02. The van der Waals surface area contributed by atoms with Gasteiger partial charge in [-0.25, -0.2) is 9.18 Å². The highest BCUT2D eigenvalue weighted by molar-refractivity contribution is 5.92. The molecule has 1 aromatic carbocycles. The largest absolute Gasteiger partial charge is 0.477 e. The average Bonchev–Trinajstić information content (AvgIpc) is 2.25. The van der Waals surface area contributed by atoms with Gasteiger partial charge in [0.05, 0.1) is 5.52 Å². The lowest BCUT2D eigenvalue weighted by molar-refractivity contribution is 0.0685. The summed E-state index contributed by atoms with van der Waals surface area (Å²) in [6, 6.07) is 4.11. The van der Waals surface area contributed by atoms with E-state index in [2.05, 4.69) is 0 Å². The summed E-state index contributed by atoms with van der Waals surface area (Å²) in [5.41, 5.74) is -0.513. The fourth-order valence-corrected chi connectivity index (χ4v) is 2.02. The number of aryl methyl sites for hydroxylation is 1. The Hall–Kier alpha value is -2.17. The lowest BCUT2D eigenvalue weighted by Crippen LogP contribution is -2.21. The second-order valence-corrected chi connectivity index (χ2v) is 3.80. The van der Waals surface area contributed by atoms with Crippen LogP contribution in [0.25, 0.3) is 10.9 Å². The first kappa shape index (κ1) is 11.3. The zero-order chi connectivity index (χ0) is 12.7. The number of carboxylic acid groups (broad SMARTS) is 1. The van der Waals surface area contributed by atoms with Gasteiger partial charge in [-0.2, -0.15) is 0 Å². The molecule has 0 saturated heterocycles. The van der Waals surface area contributed by atoms with Gasteiger partial charge in [-0.3, -0.25) is 4.79 Å². The van der Waals surface area contributed by atoms with Crippen LogP contribution in [-0.4, -0.2) is 15.6 Å². The Morgan fingerprint density at radius 3 is 2.65 bits per heavy atom. The van der Waals surface area contributed by atoms with E-state index in [0.717, 1.165) is 0 Å². The molecule has 0 fully saturated rings. The molecule has 1 aromatic heterocycles. The molecule has 0 spiro atoms. The first-order valence-corrected chi connectivity index (χ1v) is 4.96. The van der Waals surface area contributed by atoms with Crippen molar-refractivity contribution >= 4 is 16.9 Å². The molecule has 0 aliphatic carbocycles. The molecule has 0 aliphatic heterocycles. The van der Waals surface area contributed by atoms with E-state index in [4.69, 9.17) is 5.11 Å². The Bertz CT molecular complexity index is 688. The average molecular weight is 235 g/mol. The van der Waals surface area contributed by atoms with Crippen LogP contribution in [0.1, 0.15) is 16.1 Å². The van der Waals surface area contributed by atoms with Gasteiger partial charge in [0, 0.05) is 18.0 Å². The molecular formula is C12H10FNO3.